The Bertz CT molecular complexity index is 370. The molecule has 1 aliphatic heterocycles. The van der Waals surface area contributed by atoms with Crippen LogP contribution >= 0.6 is 11.6 Å². The van der Waals surface area contributed by atoms with Crippen molar-refractivity contribution in [1.82, 2.24) is 0 Å². The smallest absolute Gasteiger partial charge is 0.120 e. The summed E-state index contributed by atoms with van der Waals surface area (Å²) in [6, 6.07) is 5.98. The van der Waals surface area contributed by atoms with Crippen LogP contribution in [-0.2, 0) is 4.74 Å². The van der Waals surface area contributed by atoms with Crippen LogP contribution < -0.4 is 10.1 Å². The van der Waals surface area contributed by atoms with Gasteiger partial charge in [-0.05, 0) is 25.5 Å². The summed E-state index contributed by atoms with van der Waals surface area (Å²) < 4.78 is 10.6. The molecule has 1 saturated heterocycles. The van der Waals surface area contributed by atoms with Crippen molar-refractivity contribution in [3.05, 3.63) is 23.2 Å². The van der Waals surface area contributed by atoms with E-state index in [1.165, 1.54) is 0 Å². The maximum absolute atomic E-state index is 6.15. The molecule has 0 bridgehead atoms. The summed E-state index contributed by atoms with van der Waals surface area (Å²) in [5.74, 6) is 0.770. The van der Waals surface area contributed by atoms with Gasteiger partial charge >= 0.3 is 0 Å². The molecule has 0 radical (unpaired) electrons. The number of anilines is 1. The van der Waals surface area contributed by atoms with Crippen molar-refractivity contribution in [3.63, 3.8) is 0 Å². The third-order valence-corrected chi connectivity index (χ3v) is 3.21. The monoisotopic (exact) mass is 241 g/mol. The van der Waals surface area contributed by atoms with Gasteiger partial charge in [0.15, 0.2) is 0 Å². The molecule has 1 aliphatic rings. The van der Waals surface area contributed by atoms with Crippen LogP contribution in [0, 0.1) is 0 Å². The van der Waals surface area contributed by atoms with Gasteiger partial charge in [0.2, 0.25) is 0 Å². The van der Waals surface area contributed by atoms with Gasteiger partial charge in [-0.25, -0.2) is 0 Å². The maximum Gasteiger partial charge on any atom is 0.120 e. The third-order valence-electron chi connectivity index (χ3n) is 2.89. The number of nitrogens with one attached hydrogen (secondary N) is 1. The maximum atomic E-state index is 6.15. The van der Waals surface area contributed by atoms with Crippen LogP contribution in [0.25, 0.3) is 0 Å². The number of hydrogen-bond donors (Lipinski definition) is 1. The van der Waals surface area contributed by atoms with Crippen molar-refractivity contribution in [2.75, 3.05) is 19.0 Å². The third kappa shape index (κ3) is 2.42. The molecule has 0 saturated carbocycles. The summed E-state index contributed by atoms with van der Waals surface area (Å²) in [6.45, 7) is 2.88. The SMILES string of the molecule is COc1ccc(NC2CCOC2C)c(Cl)c1. The van der Waals surface area contributed by atoms with Crippen LogP contribution in [0.1, 0.15) is 13.3 Å². The van der Waals surface area contributed by atoms with E-state index < -0.39 is 0 Å². The lowest BCUT2D eigenvalue weighted by Gasteiger charge is -2.18. The van der Waals surface area contributed by atoms with Crippen LogP contribution in [0.5, 0.6) is 5.75 Å². The van der Waals surface area contributed by atoms with E-state index in [1.54, 1.807) is 7.11 Å². The second-order valence-corrected chi connectivity index (χ2v) is 4.37. The number of rotatable bonds is 3. The molecule has 1 fully saturated rings. The fraction of sp³-hybridized carbons (Fsp3) is 0.500. The number of methoxy groups -OCH3 is 1. The fourth-order valence-corrected chi connectivity index (χ4v) is 2.09. The van der Waals surface area contributed by atoms with E-state index in [0.717, 1.165) is 24.5 Å². The van der Waals surface area contributed by atoms with Gasteiger partial charge in [0.25, 0.3) is 0 Å². The summed E-state index contributed by atoms with van der Waals surface area (Å²) >= 11 is 6.15. The summed E-state index contributed by atoms with van der Waals surface area (Å²) in [6.07, 6.45) is 1.25. The zero-order valence-electron chi connectivity index (χ0n) is 9.50. The van der Waals surface area contributed by atoms with Crippen molar-refractivity contribution < 1.29 is 9.47 Å². The molecule has 3 nitrogen and oxygen atoms in total. The van der Waals surface area contributed by atoms with Gasteiger partial charge in [0.05, 0.1) is 30.0 Å². The first-order chi connectivity index (χ1) is 7.70. The Morgan fingerprint density at radius 3 is 2.88 bits per heavy atom. The van der Waals surface area contributed by atoms with E-state index in [4.69, 9.17) is 21.1 Å². The Kier molecular flexibility index (Phi) is 3.56. The average molecular weight is 242 g/mol. The van der Waals surface area contributed by atoms with Gasteiger partial charge in [-0.2, -0.15) is 0 Å². The highest BCUT2D eigenvalue weighted by Gasteiger charge is 2.24. The van der Waals surface area contributed by atoms with Crippen LogP contribution in [0.2, 0.25) is 5.02 Å². The minimum absolute atomic E-state index is 0.234. The van der Waals surface area contributed by atoms with E-state index >= 15 is 0 Å². The summed E-state index contributed by atoms with van der Waals surface area (Å²) in [7, 11) is 1.63. The minimum Gasteiger partial charge on any atom is -0.497 e. The lowest BCUT2D eigenvalue weighted by molar-refractivity contribution is 0.121. The van der Waals surface area contributed by atoms with E-state index in [2.05, 4.69) is 12.2 Å². The summed E-state index contributed by atoms with van der Waals surface area (Å²) in [5.41, 5.74) is 0.935. The lowest BCUT2D eigenvalue weighted by Crippen LogP contribution is -2.26. The molecular formula is C12H16ClNO2. The quantitative estimate of drug-likeness (QED) is 0.883. The van der Waals surface area contributed by atoms with Crippen LogP contribution in [0.4, 0.5) is 5.69 Å². The number of benzene rings is 1. The largest absolute Gasteiger partial charge is 0.497 e. The second kappa shape index (κ2) is 4.93. The number of hydrogen-bond acceptors (Lipinski definition) is 3. The molecule has 0 amide bonds. The Balaban J connectivity index is 2.09. The molecule has 1 heterocycles. The molecule has 0 spiro atoms. The highest BCUT2D eigenvalue weighted by atomic mass is 35.5. The highest BCUT2D eigenvalue weighted by Crippen LogP contribution is 2.29. The molecule has 1 aromatic carbocycles. The zero-order chi connectivity index (χ0) is 11.5. The van der Waals surface area contributed by atoms with Crippen molar-refractivity contribution in [1.29, 1.82) is 0 Å². The fourth-order valence-electron chi connectivity index (χ4n) is 1.86. The first kappa shape index (κ1) is 11.6. The van der Waals surface area contributed by atoms with E-state index in [9.17, 15) is 0 Å². The molecular weight excluding hydrogens is 226 g/mol. The summed E-state index contributed by atoms with van der Waals surface area (Å²) in [5, 5.41) is 4.08. The summed E-state index contributed by atoms with van der Waals surface area (Å²) in [4.78, 5) is 0. The normalized spacial score (nSPS) is 24.4. The van der Waals surface area contributed by atoms with Crippen molar-refractivity contribution in [2.24, 2.45) is 0 Å². The molecule has 4 heteroatoms. The van der Waals surface area contributed by atoms with Gasteiger partial charge < -0.3 is 14.8 Å². The van der Waals surface area contributed by atoms with Crippen LogP contribution in [0.3, 0.4) is 0 Å². The molecule has 2 unspecified atom stereocenters. The standard InChI is InChI=1S/C12H16ClNO2/c1-8-11(5-6-16-8)14-12-4-3-9(15-2)7-10(12)13/h3-4,7-8,11,14H,5-6H2,1-2H3. The van der Waals surface area contributed by atoms with Gasteiger partial charge in [-0.3, -0.25) is 0 Å². The first-order valence-corrected chi connectivity index (χ1v) is 5.80. The minimum atomic E-state index is 0.234. The number of ether oxygens (including phenoxy) is 2. The lowest BCUT2D eigenvalue weighted by atomic mass is 10.1. The number of halogens is 1. The molecule has 0 aliphatic carbocycles. The van der Waals surface area contributed by atoms with Crippen molar-refractivity contribution in [3.8, 4) is 5.75 Å². The molecule has 88 valence electrons. The van der Waals surface area contributed by atoms with E-state index in [-0.39, 0.29) is 6.10 Å². The van der Waals surface area contributed by atoms with Gasteiger partial charge in [-0.1, -0.05) is 11.6 Å². The van der Waals surface area contributed by atoms with Gasteiger partial charge in [0.1, 0.15) is 5.75 Å². The molecule has 16 heavy (non-hydrogen) atoms. The van der Waals surface area contributed by atoms with Crippen LogP contribution in [-0.4, -0.2) is 25.9 Å². The second-order valence-electron chi connectivity index (χ2n) is 3.96. The van der Waals surface area contributed by atoms with Gasteiger partial charge in [-0.15, -0.1) is 0 Å². The first-order valence-electron chi connectivity index (χ1n) is 5.42. The predicted octanol–water partition coefficient (Wildman–Crippen LogP) is 2.94. The Hall–Kier alpha value is -0.930. The van der Waals surface area contributed by atoms with Crippen LogP contribution in [0.15, 0.2) is 18.2 Å². The van der Waals surface area contributed by atoms with Crippen molar-refractivity contribution in [2.45, 2.75) is 25.5 Å². The Labute approximate surface area is 101 Å². The van der Waals surface area contributed by atoms with Crippen molar-refractivity contribution >= 4 is 17.3 Å². The molecule has 2 rings (SSSR count). The molecule has 1 aromatic rings. The topological polar surface area (TPSA) is 30.5 Å². The Morgan fingerprint density at radius 2 is 2.31 bits per heavy atom. The zero-order valence-corrected chi connectivity index (χ0v) is 10.3. The predicted molar refractivity (Wildman–Crippen MR) is 65.4 cm³/mol. The van der Waals surface area contributed by atoms with E-state index in [1.807, 2.05) is 18.2 Å². The van der Waals surface area contributed by atoms with Gasteiger partial charge in [0, 0.05) is 12.7 Å². The molecule has 1 N–H and O–H groups in total. The Morgan fingerprint density at radius 1 is 1.50 bits per heavy atom. The van der Waals surface area contributed by atoms with E-state index in [0.29, 0.717) is 11.1 Å². The average Bonchev–Trinajstić information content (AvgIpc) is 2.67. The molecule has 0 aromatic heterocycles. The highest BCUT2D eigenvalue weighted by molar-refractivity contribution is 6.33. The molecule has 2 atom stereocenters.